The lowest BCUT2D eigenvalue weighted by atomic mass is 10.0. The number of nitrogens with zero attached hydrogens (tertiary/aromatic N) is 2. The van der Waals surface area contributed by atoms with Gasteiger partial charge < -0.3 is 0 Å². The minimum Gasteiger partial charge on any atom is -0.297 e. The number of rotatable bonds is 6. The van der Waals surface area contributed by atoms with Crippen molar-refractivity contribution in [2.45, 2.75) is 43.0 Å². The lowest BCUT2D eigenvalue weighted by molar-refractivity contribution is -0.110. The monoisotopic (exact) mass is 384 g/mol. The van der Waals surface area contributed by atoms with Gasteiger partial charge in [0.1, 0.15) is 5.25 Å². The molecule has 2 fully saturated rings. The van der Waals surface area contributed by atoms with Gasteiger partial charge in [0.2, 0.25) is 10.0 Å². The van der Waals surface area contributed by atoms with Crippen LogP contribution in [0.2, 0.25) is 5.02 Å². The number of halogens is 1. The van der Waals surface area contributed by atoms with Gasteiger partial charge in [-0.3, -0.25) is 4.84 Å². The number of hydroxylamine groups is 2. The van der Waals surface area contributed by atoms with Gasteiger partial charge in [-0.2, -0.15) is 9.37 Å². The van der Waals surface area contributed by atoms with E-state index in [1.165, 1.54) is 0 Å². The van der Waals surface area contributed by atoms with Crippen LogP contribution in [0.5, 0.6) is 0 Å². The fourth-order valence-corrected chi connectivity index (χ4v) is 6.32. The molecule has 0 amide bonds. The summed E-state index contributed by atoms with van der Waals surface area (Å²) in [7, 11) is -1.80. The maximum absolute atomic E-state index is 13.5. The van der Waals surface area contributed by atoms with Crippen molar-refractivity contribution in [3.63, 3.8) is 0 Å². The fourth-order valence-electron chi connectivity index (χ4n) is 3.91. The van der Waals surface area contributed by atoms with Gasteiger partial charge in [0.05, 0.1) is 12.6 Å². The van der Waals surface area contributed by atoms with Gasteiger partial charge in [-0.1, -0.05) is 48.7 Å². The van der Waals surface area contributed by atoms with E-state index in [2.05, 4.69) is 6.58 Å². The molecule has 5 nitrogen and oxygen atoms in total. The van der Waals surface area contributed by atoms with Gasteiger partial charge >= 0.3 is 0 Å². The van der Waals surface area contributed by atoms with Crippen molar-refractivity contribution in [3.05, 3.63) is 47.5 Å². The Balaban J connectivity index is 1.96. The molecule has 1 aliphatic heterocycles. The second-order valence-corrected chi connectivity index (χ2v) is 9.20. The van der Waals surface area contributed by atoms with Crippen LogP contribution in [0.4, 0.5) is 0 Å². The third-order valence-electron chi connectivity index (χ3n) is 5.16. The molecule has 1 aromatic rings. The average Bonchev–Trinajstić information content (AvgIpc) is 3.23. The van der Waals surface area contributed by atoms with Crippen LogP contribution >= 0.6 is 11.6 Å². The maximum atomic E-state index is 13.5. The van der Waals surface area contributed by atoms with Crippen molar-refractivity contribution >= 4 is 21.6 Å². The molecule has 1 aromatic carbocycles. The van der Waals surface area contributed by atoms with Crippen molar-refractivity contribution in [2.24, 2.45) is 0 Å². The number of sulfonamides is 1. The molecule has 7 heteroatoms. The van der Waals surface area contributed by atoms with Gasteiger partial charge in [0.15, 0.2) is 0 Å². The summed E-state index contributed by atoms with van der Waals surface area (Å²) >= 11 is 6.35. The standard InChI is InChI=1S/C18H25ClN2O3S/c1-3-12-21(14-8-4-5-9-14)25(22,23)17-13-24-20(2)18(17)15-10-6-7-11-16(15)19/h3,6-7,10-11,14,17-18H,1,4-5,8-9,12-13H2,2H3. The van der Waals surface area contributed by atoms with E-state index in [-0.39, 0.29) is 12.6 Å². The van der Waals surface area contributed by atoms with Crippen LogP contribution < -0.4 is 0 Å². The molecule has 2 unspecified atom stereocenters. The molecule has 1 aliphatic carbocycles. The number of hydrogen-bond acceptors (Lipinski definition) is 4. The smallest absolute Gasteiger partial charge is 0.221 e. The van der Waals surface area contributed by atoms with Crippen LogP contribution in [0, 0.1) is 0 Å². The van der Waals surface area contributed by atoms with Gasteiger partial charge in [-0.25, -0.2) is 8.42 Å². The van der Waals surface area contributed by atoms with E-state index in [1.54, 1.807) is 28.6 Å². The Morgan fingerprint density at radius 2 is 2.04 bits per heavy atom. The molecular weight excluding hydrogens is 360 g/mol. The van der Waals surface area contributed by atoms with Gasteiger partial charge in [-0.05, 0) is 24.5 Å². The van der Waals surface area contributed by atoms with E-state index < -0.39 is 21.3 Å². The minimum absolute atomic E-state index is 0.0563. The molecule has 1 saturated carbocycles. The van der Waals surface area contributed by atoms with Crippen molar-refractivity contribution in [1.82, 2.24) is 9.37 Å². The summed E-state index contributed by atoms with van der Waals surface area (Å²) in [6, 6.07) is 7.00. The Morgan fingerprint density at radius 3 is 2.68 bits per heavy atom. The Bertz CT molecular complexity index is 719. The summed E-state index contributed by atoms with van der Waals surface area (Å²) in [4.78, 5) is 5.61. The van der Waals surface area contributed by atoms with Crippen LogP contribution in [-0.4, -0.2) is 49.3 Å². The molecule has 0 radical (unpaired) electrons. The molecule has 0 N–H and O–H groups in total. The first-order chi connectivity index (χ1) is 12.0. The molecule has 3 rings (SSSR count). The van der Waals surface area contributed by atoms with Crippen LogP contribution in [0.1, 0.15) is 37.3 Å². The van der Waals surface area contributed by atoms with E-state index in [0.717, 1.165) is 31.2 Å². The molecule has 2 aliphatic rings. The van der Waals surface area contributed by atoms with Crippen LogP contribution in [0.15, 0.2) is 36.9 Å². The highest BCUT2D eigenvalue weighted by Gasteiger charge is 2.47. The van der Waals surface area contributed by atoms with Crippen molar-refractivity contribution in [1.29, 1.82) is 0 Å². The quantitative estimate of drug-likeness (QED) is 0.705. The summed E-state index contributed by atoms with van der Waals surface area (Å²) in [6.45, 7) is 4.22. The number of benzene rings is 1. The Labute approximate surface area is 155 Å². The molecular formula is C18H25ClN2O3S. The first-order valence-corrected chi connectivity index (χ1v) is 10.6. The van der Waals surface area contributed by atoms with Crippen LogP contribution in [0.25, 0.3) is 0 Å². The first kappa shape index (κ1) is 18.9. The summed E-state index contributed by atoms with van der Waals surface area (Å²) in [5.41, 5.74) is 0.780. The van der Waals surface area contributed by atoms with Crippen molar-refractivity contribution in [2.75, 3.05) is 20.2 Å². The molecule has 25 heavy (non-hydrogen) atoms. The molecule has 2 atom stereocenters. The molecule has 0 spiro atoms. The second kappa shape index (κ2) is 7.76. The molecule has 0 aromatic heterocycles. The van der Waals surface area contributed by atoms with Crippen molar-refractivity contribution in [3.8, 4) is 0 Å². The zero-order valence-corrected chi connectivity index (χ0v) is 16.0. The molecule has 138 valence electrons. The summed E-state index contributed by atoms with van der Waals surface area (Å²) in [6.07, 6.45) is 5.63. The van der Waals surface area contributed by atoms with Crippen molar-refractivity contribution < 1.29 is 13.3 Å². The van der Waals surface area contributed by atoms with E-state index in [4.69, 9.17) is 16.4 Å². The lowest BCUT2D eigenvalue weighted by Gasteiger charge is -2.32. The summed E-state index contributed by atoms with van der Waals surface area (Å²) in [5.74, 6) is 0. The molecule has 1 saturated heterocycles. The topological polar surface area (TPSA) is 49.9 Å². The zero-order chi connectivity index (χ0) is 18.0. The maximum Gasteiger partial charge on any atom is 0.221 e. The minimum atomic E-state index is -3.56. The van der Waals surface area contributed by atoms with E-state index in [9.17, 15) is 8.42 Å². The Hall–Kier alpha value is -0.920. The van der Waals surface area contributed by atoms with Gasteiger partial charge in [0.25, 0.3) is 0 Å². The van der Waals surface area contributed by atoms with E-state index >= 15 is 0 Å². The van der Waals surface area contributed by atoms with Gasteiger partial charge in [-0.15, -0.1) is 6.58 Å². The van der Waals surface area contributed by atoms with E-state index in [0.29, 0.717) is 11.6 Å². The highest BCUT2D eigenvalue weighted by molar-refractivity contribution is 7.89. The molecule has 0 bridgehead atoms. The fraction of sp³-hybridized carbons (Fsp3) is 0.556. The van der Waals surface area contributed by atoms with Crippen LogP contribution in [-0.2, 0) is 14.9 Å². The highest BCUT2D eigenvalue weighted by atomic mass is 35.5. The largest absolute Gasteiger partial charge is 0.297 e. The predicted molar refractivity (Wildman–Crippen MR) is 99.8 cm³/mol. The first-order valence-electron chi connectivity index (χ1n) is 8.68. The average molecular weight is 385 g/mol. The second-order valence-electron chi connectivity index (χ2n) is 6.69. The highest BCUT2D eigenvalue weighted by Crippen LogP contribution is 2.39. The van der Waals surface area contributed by atoms with E-state index in [1.807, 2.05) is 18.2 Å². The Morgan fingerprint density at radius 1 is 1.36 bits per heavy atom. The number of hydrogen-bond donors (Lipinski definition) is 0. The van der Waals surface area contributed by atoms with Gasteiger partial charge in [0, 0.05) is 24.7 Å². The predicted octanol–water partition coefficient (Wildman–Crippen LogP) is 3.39. The summed E-state index contributed by atoms with van der Waals surface area (Å²) < 4.78 is 28.6. The zero-order valence-electron chi connectivity index (χ0n) is 14.5. The third kappa shape index (κ3) is 3.64. The van der Waals surface area contributed by atoms with Crippen LogP contribution in [0.3, 0.4) is 0 Å². The molecule has 1 heterocycles. The Kier molecular flexibility index (Phi) is 5.85. The summed E-state index contributed by atoms with van der Waals surface area (Å²) in [5, 5.41) is 1.49. The SMILES string of the molecule is C=CCN(C1CCCC1)S(=O)(=O)C1CON(C)C1c1ccccc1Cl. The lowest BCUT2D eigenvalue weighted by Crippen LogP contribution is -2.46. The third-order valence-corrected chi connectivity index (χ3v) is 7.76. The normalized spacial score (nSPS) is 25.7.